The fourth-order valence-corrected chi connectivity index (χ4v) is 5.03. The number of benzene rings is 2. The van der Waals surface area contributed by atoms with E-state index in [1.165, 1.54) is 34.2 Å². The first-order valence-electron chi connectivity index (χ1n) is 9.37. The SMILES string of the molecule is Cc1ccc(-n2nnnc2SCC(=O)Nc2nnc(SCc3ccccc3)s2)cc1C. The quantitative estimate of drug-likeness (QED) is 0.303. The van der Waals surface area contributed by atoms with Gasteiger partial charge in [-0.2, -0.15) is 4.68 Å². The average Bonchev–Trinajstić information content (AvgIpc) is 3.43. The lowest BCUT2D eigenvalue weighted by molar-refractivity contribution is -0.113. The van der Waals surface area contributed by atoms with E-state index in [2.05, 4.69) is 50.1 Å². The summed E-state index contributed by atoms with van der Waals surface area (Å²) in [6.07, 6.45) is 0. The zero-order valence-corrected chi connectivity index (χ0v) is 19.3. The summed E-state index contributed by atoms with van der Waals surface area (Å²) >= 11 is 4.22. The summed E-state index contributed by atoms with van der Waals surface area (Å²) in [5.74, 6) is 0.785. The Morgan fingerprint density at radius 3 is 2.68 bits per heavy atom. The molecule has 11 heteroatoms. The highest BCUT2D eigenvalue weighted by Crippen LogP contribution is 2.28. The highest BCUT2D eigenvalue weighted by atomic mass is 32.2. The first-order valence-corrected chi connectivity index (χ1v) is 12.2. The number of nitrogens with one attached hydrogen (secondary N) is 1. The number of thioether (sulfide) groups is 2. The highest BCUT2D eigenvalue weighted by Gasteiger charge is 2.14. The van der Waals surface area contributed by atoms with Crippen molar-refractivity contribution < 1.29 is 4.79 Å². The molecule has 0 aliphatic heterocycles. The fraction of sp³-hybridized carbons (Fsp3) is 0.200. The molecule has 2 aromatic carbocycles. The van der Waals surface area contributed by atoms with Gasteiger partial charge in [0, 0.05) is 5.75 Å². The second kappa shape index (κ2) is 10.0. The number of aryl methyl sites for hydroxylation is 2. The Morgan fingerprint density at radius 2 is 1.87 bits per heavy atom. The topological polar surface area (TPSA) is 98.5 Å². The lowest BCUT2D eigenvalue weighted by atomic mass is 10.1. The number of anilines is 1. The number of nitrogens with zero attached hydrogens (tertiary/aromatic N) is 6. The van der Waals surface area contributed by atoms with Gasteiger partial charge >= 0.3 is 0 Å². The van der Waals surface area contributed by atoms with Crippen LogP contribution in [0, 0.1) is 13.8 Å². The molecule has 0 saturated heterocycles. The predicted octanol–water partition coefficient (Wildman–Crippen LogP) is 4.15. The van der Waals surface area contributed by atoms with Crippen molar-refractivity contribution in [1.82, 2.24) is 30.4 Å². The number of tetrazole rings is 1. The van der Waals surface area contributed by atoms with E-state index >= 15 is 0 Å². The van der Waals surface area contributed by atoms with Crippen LogP contribution in [-0.2, 0) is 10.5 Å². The lowest BCUT2D eigenvalue weighted by Gasteiger charge is -2.06. The van der Waals surface area contributed by atoms with Gasteiger partial charge in [0.1, 0.15) is 0 Å². The predicted molar refractivity (Wildman–Crippen MR) is 124 cm³/mol. The summed E-state index contributed by atoms with van der Waals surface area (Å²) in [5, 5.41) is 23.9. The molecule has 1 N–H and O–H groups in total. The van der Waals surface area contributed by atoms with Crippen LogP contribution in [-0.4, -0.2) is 42.1 Å². The fourth-order valence-electron chi connectivity index (χ4n) is 2.61. The molecular weight excluding hydrogens is 450 g/mol. The maximum Gasteiger partial charge on any atom is 0.236 e. The second-order valence-corrected chi connectivity index (χ2v) is 9.77. The molecule has 0 bridgehead atoms. The number of hydrogen-bond acceptors (Lipinski definition) is 9. The second-order valence-electron chi connectivity index (χ2n) is 6.63. The van der Waals surface area contributed by atoms with E-state index < -0.39 is 0 Å². The Labute approximate surface area is 191 Å². The van der Waals surface area contributed by atoms with Crippen molar-refractivity contribution in [2.45, 2.75) is 29.1 Å². The molecule has 4 aromatic rings. The Morgan fingerprint density at radius 1 is 1.03 bits per heavy atom. The average molecular weight is 470 g/mol. The molecule has 2 aromatic heterocycles. The van der Waals surface area contributed by atoms with Crippen LogP contribution in [0.4, 0.5) is 5.13 Å². The molecule has 1 amide bonds. The molecule has 0 atom stereocenters. The number of aromatic nitrogens is 6. The van der Waals surface area contributed by atoms with Crippen LogP contribution in [0.3, 0.4) is 0 Å². The molecule has 0 spiro atoms. The number of hydrogen-bond donors (Lipinski definition) is 1. The van der Waals surface area contributed by atoms with Crippen molar-refractivity contribution in [3.63, 3.8) is 0 Å². The van der Waals surface area contributed by atoms with Crippen LogP contribution < -0.4 is 5.32 Å². The minimum absolute atomic E-state index is 0.164. The number of amides is 1. The summed E-state index contributed by atoms with van der Waals surface area (Å²) < 4.78 is 2.44. The molecule has 0 saturated carbocycles. The minimum atomic E-state index is -0.185. The Balaban J connectivity index is 1.31. The van der Waals surface area contributed by atoms with Crippen LogP contribution in [0.5, 0.6) is 0 Å². The van der Waals surface area contributed by atoms with Gasteiger partial charge in [0.2, 0.25) is 16.2 Å². The van der Waals surface area contributed by atoms with Gasteiger partial charge in [-0.25, -0.2) is 0 Å². The van der Waals surface area contributed by atoms with E-state index in [4.69, 9.17) is 0 Å². The van der Waals surface area contributed by atoms with Crippen molar-refractivity contribution in [2.24, 2.45) is 0 Å². The molecule has 0 unspecified atom stereocenters. The van der Waals surface area contributed by atoms with Crippen molar-refractivity contribution >= 4 is 45.9 Å². The standard InChI is InChI=1S/C20H19N7OS3/c1-13-8-9-16(10-14(13)2)27-19(23-25-26-27)29-12-17(28)21-18-22-24-20(31-18)30-11-15-6-4-3-5-7-15/h3-10H,11-12H2,1-2H3,(H,21,22,28). The zero-order valence-electron chi connectivity index (χ0n) is 16.8. The highest BCUT2D eigenvalue weighted by molar-refractivity contribution is 8.00. The maximum absolute atomic E-state index is 12.4. The third kappa shape index (κ3) is 5.69. The molecule has 0 radical (unpaired) electrons. The normalized spacial score (nSPS) is 10.9. The van der Waals surface area contributed by atoms with E-state index in [1.807, 2.05) is 43.3 Å². The van der Waals surface area contributed by atoms with E-state index in [9.17, 15) is 4.79 Å². The largest absolute Gasteiger partial charge is 0.300 e. The summed E-state index contributed by atoms with van der Waals surface area (Å²) in [7, 11) is 0. The van der Waals surface area contributed by atoms with E-state index in [0.717, 1.165) is 21.3 Å². The number of carbonyl (C=O) groups is 1. The Bertz CT molecular complexity index is 1180. The van der Waals surface area contributed by atoms with Crippen LogP contribution in [0.2, 0.25) is 0 Å². The first-order chi connectivity index (χ1) is 15.1. The number of rotatable bonds is 8. The van der Waals surface area contributed by atoms with E-state index in [0.29, 0.717) is 10.3 Å². The maximum atomic E-state index is 12.4. The van der Waals surface area contributed by atoms with Gasteiger partial charge in [0.25, 0.3) is 0 Å². The summed E-state index contributed by atoms with van der Waals surface area (Å²) in [4.78, 5) is 12.4. The van der Waals surface area contributed by atoms with Crippen LogP contribution in [0.25, 0.3) is 5.69 Å². The Hall–Kier alpha value is -2.76. The molecule has 0 aliphatic rings. The molecule has 158 valence electrons. The zero-order chi connectivity index (χ0) is 21.6. The van der Waals surface area contributed by atoms with Gasteiger partial charge in [-0.1, -0.05) is 71.3 Å². The van der Waals surface area contributed by atoms with Gasteiger partial charge in [-0.15, -0.1) is 15.3 Å². The first kappa shape index (κ1) is 21.5. The van der Waals surface area contributed by atoms with Crippen LogP contribution in [0.15, 0.2) is 58.0 Å². The van der Waals surface area contributed by atoms with Gasteiger partial charge < -0.3 is 0 Å². The summed E-state index contributed by atoms with van der Waals surface area (Å²) in [6, 6.07) is 16.1. The third-order valence-corrected chi connectivity index (χ3v) is 7.33. The molecule has 0 aliphatic carbocycles. The monoisotopic (exact) mass is 469 g/mol. The lowest BCUT2D eigenvalue weighted by Crippen LogP contribution is -2.14. The minimum Gasteiger partial charge on any atom is -0.300 e. The van der Waals surface area contributed by atoms with Crippen LogP contribution >= 0.6 is 34.9 Å². The molecular formula is C20H19N7OS3. The third-order valence-electron chi connectivity index (χ3n) is 4.37. The molecule has 8 nitrogen and oxygen atoms in total. The van der Waals surface area contributed by atoms with E-state index in [-0.39, 0.29) is 11.7 Å². The van der Waals surface area contributed by atoms with Crippen LogP contribution in [0.1, 0.15) is 16.7 Å². The van der Waals surface area contributed by atoms with Gasteiger partial charge in [0.15, 0.2) is 4.34 Å². The van der Waals surface area contributed by atoms with Crippen molar-refractivity contribution in [3.05, 3.63) is 65.2 Å². The van der Waals surface area contributed by atoms with Gasteiger partial charge in [0.05, 0.1) is 11.4 Å². The molecule has 2 heterocycles. The summed E-state index contributed by atoms with van der Waals surface area (Å²) in [5.41, 5.74) is 4.43. The van der Waals surface area contributed by atoms with Crippen molar-refractivity contribution in [3.8, 4) is 5.69 Å². The molecule has 0 fully saturated rings. The molecule has 31 heavy (non-hydrogen) atoms. The van der Waals surface area contributed by atoms with Crippen molar-refractivity contribution in [1.29, 1.82) is 0 Å². The van der Waals surface area contributed by atoms with Gasteiger partial charge in [-0.3, -0.25) is 10.1 Å². The van der Waals surface area contributed by atoms with Gasteiger partial charge in [-0.05, 0) is 53.1 Å². The molecule has 4 rings (SSSR count). The number of carbonyl (C=O) groups excluding carboxylic acids is 1. The van der Waals surface area contributed by atoms with E-state index in [1.54, 1.807) is 16.4 Å². The smallest absolute Gasteiger partial charge is 0.236 e. The Kier molecular flexibility index (Phi) is 6.95. The summed E-state index contributed by atoms with van der Waals surface area (Å²) in [6.45, 7) is 4.09. The van der Waals surface area contributed by atoms with Crippen molar-refractivity contribution in [2.75, 3.05) is 11.1 Å².